The summed E-state index contributed by atoms with van der Waals surface area (Å²) in [5.74, 6) is -5.36. The van der Waals surface area contributed by atoms with Crippen molar-refractivity contribution in [1.82, 2.24) is 10.2 Å². The van der Waals surface area contributed by atoms with Crippen LogP contribution in [0, 0.1) is 5.92 Å². The first kappa shape index (κ1) is 60.2. The summed E-state index contributed by atoms with van der Waals surface area (Å²) in [6, 6.07) is 10.2. The number of carbonyl (C=O) groups excluding carboxylic acids is 8. The second-order valence-corrected chi connectivity index (χ2v) is 21.1. The third-order valence-electron chi connectivity index (χ3n) is 15.2. The summed E-state index contributed by atoms with van der Waals surface area (Å²) in [6.45, 7) is 1.88. The monoisotopic (exact) mass is 1140 g/mol. The number of esters is 1. The van der Waals surface area contributed by atoms with Gasteiger partial charge in [0.2, 0.25) is 12.1 Å². The van der Waals surface area contributed by atoms with E-state index in [9.17, 15) is 64.5 Å². The number of rotatable bonds is 14. The first-order valence-electron chi connectivity index (χ1n) is 25.7. The topological polar surface area (TPSA) is 367 Å². The van der Waals surface area contributed by atoms with Crippen molar-refractivity contribution >= 4 is 52.8 Å². The fourth-order valence-electron chi connectivity index (χ4n) is 11.2. The number of nitrogens with zero attached hydrogens (tertiary/aromatic N) is 1. The van der Waals surface area contributed by atoms with Crippen LogP contribution in [0.4, 0.5) is 0 Å². The number of carbonyl (C=O) groups is 6. The number of phenolic OH excluding ortho intramolecular Hbond substituents is 2. The number of aromatic hydroxyl groups is 2. The molecule has 4 heterocycles. The number of hydrogen-bond acceptors (Lipinski definition) is 26. The molecule has 0 bridgehead atoms. The van der Waals surface area contributed by atoms with Gasteiger partial charge in [-0.15, -0.1) is 0 Å². The number of aryl methyl sites for hydroxylation is 1. The fraction of sp³-hybridized carbons (Fsp3) is 0.537. The molecular formula is C54H62N2O23S. The molecule has 3 aromatic carbocycles. The third kappa shape index (κ3) is 11.9. The van der Waals surface area contributed by atoms with E-state index in [0.717, 1.165) is 0 Å². The number of methoxy groups -OCH3 is 1. The number of aliphatic hydroxyl groups is 5. The van der Waals surface area contributed by atoms with E-state index in [1.807, 2.05) is 6.26 Å². The minimum Gasteiger partial charge on any atom is -0.507 e. The van der Waals surface area contributed by atoms with Crippen LogP contribution >= 0.6 is 11.8 Å². The van der Waals surface area contributed by atoms with E-state index >= 15 is 0 Å². The van der Waals surface area contributed by atoms with Crippen LogP contribution in [0.3, 0.4) is 0 Å². The Labute approximate surface area is 461 Å². The van der Waals surface area contributed by atoms with E-state index in [1.165, 1.54) is 37.1 Å². The van der Waals surface area contributed by atoms with E-state index in [4.69, 9.17) is 47.5 Å². The molecule has 3 aromatic rings. The molecule has 25 nitrogen and oxygen atoms in total. The van der Waals surface area contributed by atoms with Gasteiger partial charge in [0, 0.05) is 75.0 Å². The van der Waals surface area contributed by atoms with E-state index in [0.29, 0.717) is 31.7 Å². The number of thioether (sulfide) groups is 1. The second kappa shape index (κ2) is 25.5. The summed E-state index contributed by atoms with van der Waals surface area (Å²) < 4.78 is 46.8. The summed E-state index contributed by atoms with van der Waals surface area (Å²) in [6.07, 6.45) is -8.41. The van der Waals surface area contributed by atoms with Gasteiger partial charge in [0.15, 0.2) is 36.2 Å². The molecule has 4 aliphatic heterocycles. The lowest BCUT2D eigenvalue weighted by atomic mass is 9.72. The molecular weight excluding hydrogens is 1080 g/mol. The molecule has 432 valence electrons. The number of fused-ring (bicyclic) bond motifs is 6. The van der Waals surface area contributed by atoms with E-state index < -0.39 is 133 Å². The first-order valence-corrected chi connectivity index (χ1v) is 26.9. The Balaban J connectivity index is 0.000000490. The molecule has 8 N–H and O–H groups in total. The van der Waals surface area contributed by atoms with Crippen LogP contribution in [0.25, 0.3) is 0 Å². The van der Waals surface area contributed by atoms with Gasteiger partial charge in [-0.2, -0.15) is 21.4 Å². The van der Waals surface area contributed by atoms with Crippen molar-refractivity contribution < 1.29 is 112 Å². The van der Waals surface area contributed by atoms with Crippen LogP contribution in [0.1, 0.15) is 87.2 Å². The Bertz CT molecular complexity index is 2880. The highest BCUT2D eigenvalue weighted by atomic mass is 32.2. The lowest BCUT2D eigenvalue weighted by Gasteiger charge is -2.43. The van der Waals surface area contributed by atoms with Gasteiger partial charge in [-0.05, 0) is 50.4 Å². The van der Waals surface area contributed by atoms with Crippen LogP contribution in [-0.2, 0) is 70.0 Å². The standard InChI is InChI=1S/C45H49NO19.C8H13NO2S.CO2/c1-19-41-24(46-12-13-59-44(58-2)42(46)65-41)14-30(61-19)64-27-16-45(57,28(49)17-47)15-23-32(27)39(55)34-33(36(23)52)35(51)22-4-3-5-26(31(22)38(34)54)63-29(50)11-8-20-6-9-21(10-7-20)62-43-40(56)37(53)25(48)18-60-43;1-9-4-5-6(10)3-7(12-2)8(5)11;2-1-3/h3-7,9-10,19,24-25,27,30,37,40-44,47-48,52-53,55-57H,8,11-18H2,1-2H3;5,7,9H,3-4H2,1-2H3;/t19-,24-,25+,27-,30-,37-,40+,41+,42+,43-,44-,45-;;/m0../s1. The molecule has 26 heteroatoms. The molecule has 1 saturated carbocycles. The maximum Gasteiger partial charge on any atom is 0.373 e. The second-order valence-electron chi connectivity index (χ2n) is 20.0. The smallest absolute Gasteiger partial charge is 0.373 e. The molecule has 4 saturated heterocycles. The molecule has 5 fully saturated rings. The first-order chi connectivity index (χ1) is 38.2. The highest BCUT2D eigenvalue weighted by Gasteiger charge is 2.55. The molecule has 0 spiro atoms. The van der Waals surface area contributed by atoms with Crippen molar-refractivity contribution in [3.63, 3.8) is 0 Å². The van der Waals surface area contributed by atoms with E-state index in [1.54, 1.807) is 38.2 Å². The van der Waals surface area contributed by atoms with Crippen LogP contribution in [0.2, 0.25) is 0 Å². The fourth-order valence-corrected chi connectivity index (χ4v) is 11.9. The Morgan fingerprint density at radius 2 is 1.65 bits per heavy atom. The molecule has 0 aromatic heterocycles. The van der Waals surface area contributed by atoms with Gasteiger partial charge in [0.1, 0.15) is 65.4 Å². The zero-order chi connectivity index (χ0) is 57.9. The van der Waals surface area contributed by atoms with E-state index in [2.05, 4.69) is 10.2 Å². The van der Waals surface area contributed by atoms with Crippen LogP contribution in [-0.4, -0.2) is 208 Å². The summed E-state index contributed by atoms with van der Waals surface area (Å²) in [5.41, 5.74) is -3.84. The van der Waals surface area contributed by atoms with Crippen LogP contribution < -0.4 is 14.8 Å². The Hall–Kier alpha value is -5.91. The maximum atomic E-state index is 14.5. The summed E-state index contributed by atoms with van der Waals surface area (Å²) >= 11 is 1.48. The number of ketones is 5. The number of nitrogens with one attached hydrogen (secondary N) is 1. The molecule has 14 atom stereocenters. The summed E-state index contributed by atoms with van der Waals surface area (Å²) in [7, 11) is 3.27. The minimum atomic E-state index is -2.33. The van der Waals surface area contributed by atoms with Gasteiger partial charge in [0.05, 0.1) is 53.3 Å². The largest absolute Gasteiger partial charge is 0.507 e. The molecule has 0 amide bonds. The highest BCUT2D eigenvalue weighted by molar-refractivity contribution is 8.00. The predicted octanol–water partition coefficient (Wildman–Crippen LogP) is -0.429. The number of phenols is 2. The molecule has 10 rings (SSSR count). The van der Waals surface area contributed by atoms with Crippen molar-refractivity contribution in [2.45, 2.75) is 124 Å². The summed E-state index contributed by atoms with van der Waals surface area (Å²) in [4.78, 5) is 96.2. The predicted molar refractivity (Wildman–Crippen MR) is 270 cm³/mol. The van der Waals surface area contributed by atoms with Gasteiger partial charge in [-0.1, -0.05) is 24.3 Å². The molecule has 80 heavy (non-hydrogen) atoms. The molecule has 2 unspecified atom stereocenters. The van der Waals surface area contributed by atoms with Gasteiger partial charge in [0.25, 0.3) is 0 Å². The Morgan fingerprint density at radius 1 is 0.938 bits per heavy atom. The van der Waals surface area contributed by atoms with Gasteiger partial charge in [-0.25, -0.2) is 0 Å². The van der Waals surface area contributed by atoms with Crippen molar-refractivity contribution in [1.29, 1.82) is 0 Å². The minimum absolute atomic E-state index is 0.0872. The van der Waals surface area contributed by atoms with Crippen molar-refractivity contribution in [2.24, 2.45) is 5.92 Å². The van der Waals surface area contributed by atoms with Crippen molar-refractivity contribution in [2.75, 3.05) is 53.3 Å². The molecule has 0 radical (unpaired) electrons. The van der Waals surface area contributed by atoms with Gasteiger partial charge in [-0.3, -0.25) is 33.7 Å². The van der Waals surface area contributed by atoms with E-state index in [-0.39, 0.29) is 94.5 Å². The lowest BCUT2D eigenvalue weighted by molar-refractivity contribution is -0.256. The number of benzene rings is 3. The number of aliphatic hydroxyl groups excluding tert-OH is 4. The number of morpholine rings is 1. The van der Waals surface area contributed by atoms with Crippen LogP contribution in [0.5, 0.6) is 23.0 Å². The Kier molecular flexibility index (Phi) is 19.2. The number of Topliss-reactive ketones (excluding diaryl/α,β-unsaturated/α-hetero) is 3. The number of ether oxygens (including phenoxy) is 8. The van der Waals surface area contributed by atoms with Crippen molar-refractivity contribution in [3.8, 4) is 23.0 Å². The zero-order valence-electron chi connectivity index (χ0n) is 43.8. The third-order valence-corrected chi connectivity index (χ3v) is 16.2. The highest BCUT2D eigenvalue weighted by Crippen LogP contribution is 2.53. The summed E-state index contributed by atoms with van der Waals surface area (Å²) in [5, 5.41) is 78.1. The normalized spacial score (nSPS) is 31.4. The Morgan fingerprint density at radius 3 is 2.31 bits per heavy atom. The molecule has 7 aliphatic rings. The van der Waals surface area contributed by atoms with Gasteiger partial charge >= 0.3 is 12.1 Å². The quantitative estimate of drug-likeness (QED) is 0.0344. The SMILES string of the molecule is CNCC1C(=O)CC(SC)C1=O.CO[C@H]1OCCN2[C@@H]1O[C@@H]1[C@H](C)O[C@@H](O[C@H]3C[C@](O)(C(=O)CO)Cc4c(O)c5c(c(O)c43)C(=O)c3c(OC(=O)CCc4ccc(O[C@@H]6OC[C@@H](O)[C@H](O)[C@H]6O)cc4)cccc3C5=O)C[C@@H]12.O=C=O. The maximum absolute atomic E-state index is 14.5. The lowest BCUT2D eigenvalue weighted by Crippen LogP contribution is -2.55. The van der Waals surface area contributed by atoms with Crippen LogP contribution in [0.15, 0.2) is 42.5 Å². The molecule has 3 aliphatic carbocycles. The zero-order valence-corrected chi connectivity index (χ0v) is 44.7. The number of hydrogen-bond donors (Lipinski definition) is 8. The average molecular weight is 1140 g/mol. The van der Waals surface area contributed by atoms with Gasteiger partial charge < -0.3 is 79.0 Å². The average Bonchev–Trinajstić information content (AvgIpc) is 4.11. The van der Waals surface area contributed by atoms with Crippen molar-refractivity contribution in [3.05, 3.63) is 81.4 Å².